The van der Waals surface area contributed by atoms with Gasteiger partial charge in [0.05, 0.1) is 12.1 Å². The minimum atomic E-state index is -0.400. The lowest BCUT2D eigenvalue weighted by molar-refractivity contribution is 0.122. The quantitative estimate of drug-likeness (QED) is 0.796. The molecule has 0 bridgehead atoms. The molecule has 0 spiro atoms. The summed E-state index contributed by atoms with van der Waals surface area (Å²) in [7, 11) is 1.43. The van der Waals surface area contributed by atoms with Crippen LogP contribution < -0.4 is 4.74 Å². The third kappa shape index (κ3) is 4.51. The van der Waals surface area contributed by atoms with Crippen LogP contribution in [0.1, 0.15) is 16.7 Å². The molecule has 5 heteroatoms. The standard InChI is InChI=1S/C20H24ClFN2O/c1-15-5-3-4-6-17(15)14-24-9-7-23(8-10-24)13-16-11-18(21)20(25-2)19(22)12-16/h3-6,11-12H,7-10,13-14H2,1-2H3. The molecule has 2 aromatic carbocycles. The molecule has 0 radical (unpaired) electrons. The number of hydrogen-bond acceptors (Lipinski definition) is 3. The molecule has 3 nitrogen and oxygen atoms in total. The number of aryl methyl sites for hydroxylation is 1. The van der Waals surface area contributed by atoms with Crippen molar-refractivity contribution < 1.29 is 9.13 Å². The second kappa shape index (κ2) is 8.17. The largest absolute Gasteiger partial charge is 0.492 e. The van der Waals surface area contributed by atoms with Gasteiger partial charge in [-0.3, -0.25) is 9.80 Å². The smallest absolute Gasteiger partial charge is 0.173 e. The molecule has 1 aliphatic heterocycles. The van der Waals surface area contributed by atoms with E-state index < -0.39 is 5.82 Å². The van der Waals surface area contributed by atoms with Crippen molar-refractivity contribution in [1.29, 1.82) is 0 Å². The summed E-state index contributed by atoms with van der Waals surface area (Å²) in [6.45, 7) is 7.82. The van der Waals surface area contributed by atoms with E-state index in [1.807, 2.05) is 0 Å². The molecule has 134 valence electrons. The van der Waals surface area contributed by atoms with Crippen LogP contribution in [-0.2, 0) is 13.1 Å². The fourth-order valence-electron chi connectivity index (χ4n) is 3.29. The zero-order chi connectivity index (χ0) is 17.8. The molecule has 0 aromatic heterocycles. The zero-order valence-corrected chi connectivity index (χ0v) is 15.5. The predicted molar refractivity (Wildman–Crippen MR) is 99.7 cm³/mol. The first-order valence-corrected chi connectivity index (χ1v) is 8.95. The molecule has 0 aliphatic carbocycles. The van der Waals surface area contributed by atoms with Gasteiger partial charge < -0.3 is 4.74 Å². The topological polar surface area (TPSA) is 15.7 Å². The van der Waals surface area contributed by atoms with E-state index in [1.54, 1.807) is 6.07 Å². The van der Waals surface area contributed by atoms with Crippen molar-refractivity contribution >= 4 is 11.6 Å². The van der Waals surface area contributed by atoms with Crippen LogP contribution in [-0.4, -0.2) is 43.1 Å². The lowest BCUT2D eigenvalue weighted by atomic mass is 10.1. The maximum Gasteiger partial charge on any atom is 0.173 e. The molecular formula is C20H24ClFN2O. The highest BCUT2D eigenvalue weighted by molar-refractivity contribution is 6.32. The Labute approximate surface area is 154 Å². The third-order valence-corrected chi connectivity index (χ3v) is 5.07. The summed E-state index contributed by atoms with van der Waals surface area (Å²) in [5, 5.41) is 0.329. The fraction of sp³-hybridized carbons (Fsp3) is 0.400. The van der Waals surface area contributed by atoms with Crippen molar-refractivity contribution in [3.8, 4) is 5.75 Å². The fourth-order valence-corrected chi connectivity index (χ4v) is 3.60. The van der Waals surface area contributed by atoms with Gasteiger partial charge in [0.2, 0.25) is 0 Å². The van der Waals surface area contributed by atoms with E-state index in [0.717, 1.165) is 38.3 Å². The average Bonchev–Trinajstić information content (AvgIpc) is 2.58. The minimum Gasteiger partial charge on any atom is -0.492 e. The predicted octanol–water partition coefficient (Wildman–Crippen LogP) is 4.11. The first-order valence-electron chi connectivity index (χ1n) is 8.58. The maximum atomic E-state index is 14.0. The summed E-state index contributed by atoms with van der Waals surface area (Å²) in [6, 6.07) is 11.8. The Morgan fingerprint density at radius 3 is 2.28 bits per heavy atom. The third-order valence-electron chi connectivity index (χ3n) is 4.79. The summed E-state index contributed by atoms with van der Waals surface area (Å²) in [5.74, 6) is -0.281. The summed E-state index contributed by atoms with van der Waals surface area (Å²) < 4.78 is 18.9. The molecule has 0 unspecified atom stereocenters. The SMILES string of the molecule is COc1c(F)cc(CN2CCN(Cc3ccccc3C)CC2)cc1Cl. The van der Waals surface area contributed by atoms with Gasteiger partial charge in [-0.05, 0) is 35.7 Å². The van der Waals surface area contributed by atoms with Crippen LogP contribution in [0.5, 0.6) is 5.75 Å². The first kappa shape index (κ1) is 18.2. The second-order valence-electron chi connectivity index (χ2n) is 6.57. The molecule has 1 heterocycles. The van der Waals surface area contributed by atoms with Crippen molar-refractivity contribution in [2.24, 2.45) is 0 Å². The Kier molecular flexibility index (Phi) is 5.94. The molecule has 0 saturated carbocycles. The molecule has 0 amide bonds. The Bertz CT molecular complexity index is 706. The summed E-state index contributed by atoms with van der Waals surface area (Å²) in [6.07, 6.45) is 0. The average molecular weight is 363 g/mol. The zero-order valence-electron chi connectivity index (χ0n) is 14.8. The highest BCUT2D eigenvalue weighted by atomic mass is 35.5. The molecule has 0 atom stereocenters. The first-order chi connectivity index (χ1) is 12.1. The van der Waals surface area contributed by atoms with Crippen molar-refractivity contribution in [2.75, 3.05) is 33.3 Å². The molecule has 2 aromatic rings. The van der Waals surface area contributed by atoms with Gasteiger partial charge in [-0.1, -0.05) is 35.9 Å². The van der Waals surface area contributed by atoms with E-state index in [2.05, 4.69) is 41.0 Å². The van der Waals surface area contributed by atoms with Gasteiger partial charge in [0.15, 0.2) is 11.6 Å². The van der Waals surface area contributed by atoms with Gasteiger partial charge in [0.25, 0.3) is 0 Å². The van der Waals surface area contributed by atoms with Crippen molar-refractivity contribution in [3.05, 3.63) is 63.9 Å². The number of halogens is 2. The Balaban J connectivity index is 1.55. The van der Waals surface area contributed by atoms with E-state index >= 15 is 0 Å². The van der Waals surface area contributed by atoms with Gasteiger partial charge in [-0.15, -0.1) is 0 Å². The van der Waals surface area contributed by atoms with Gasteiger partial charge in [-0.25, -0.2) is 4.39 Å². The van der Waals surface area contributed by atoms with Crippen molar-refractivity contribution in [1.82, 2.24) is 9.80 Å². The maximum absolute atomic E-state index is 14.0. The number of hydrogen-bond donors (Lipinski definition) is 0. The number of piperazine rings is 1. The van der Waals surface area contributed by atoms with E-state index in [1.165, 1.54) is 24.3 Å². The number of methoxy groups -OCH3 is 1. The molecule has 1 saturated heterocycles. The van der Waals surface area contributed by atoms with Crippen molar-refractivity contribution in [2.45, 2.75) is 20.0 Å². The number of ether oxygens (including phenoxy) is 1. The number of benzene rings is 2. The summed E-state index contributed by atoms with van der Waals surface area (Å²) in [5.41, 5.74) is 3.61. The number of nitrogens with zero attached hydrogens (tertiary/aromatic N) is 2. The minimum absolute atomic E-state index is 0.119. The van der Waals surface area contributed by atoms with Gasteiger partial charge in [0.1, 0.15) is 0 Å². The van der Waals surface area contributed by atoms with E-state index in [9.17, 15) is 4.39 Å². The lowest BCUT2D eigenvalue weighted by Crippen LogP contribution is -2.45. The van der Waals surface area contributed by atoms with Crippen LogP contribution in [0.15, 0.2) is 36.4 Å². The number of rotatable bonds is 5. The Morgan fingerprint density at radius 2 is 1.68 bits per heavy atom. The Morgan fingerprint density at radius 1 is 1.04 bits per heavy atom. The normalized spacial score (nSPS) is 16.2. The summed E-state index contributed by atoms with van der Waals surface area (Å²) >= 11 is 6.09. The van der Waals surface area contributed by atoms with Gasteiger partial charge >= 0.3 is 0 Å². The molecule has 25 heavy (non-hydrogen) atoms. The van der Waals surface area contributed by atoms with E-state index in [0.29, 0.717) is 11.6 Å². The molecule has 0 N–H and O–H groups in total. The van der Waals surface area contributed by atoms with Crippen molar-refractivity contribution in [3.63, 3.8) is 0 Å². The molecular weight excluding hydrogens is 339 g/mol. The second-order valence-corrected chi connectivity index (χ2v) is 6.98. The molecule has 3 rings (SSSR count). The van der Waals surface area contributed by atoms with Gasteiger partial charge in [0, 0.05) is 39.3 Å². The van der Waals surface area contributed by atoms with Gasteiger partial charge in [-0.2, -0.15) is 0 Å². The highest BCUT2D eigenvalue weighted by Crippen LogP contribution is 2.29. The van der Waals surface area contributed by atoms with Crippen LogP contribution in [0.25, 0.3) is 0 Å². The van der Waals surface area contributed by atoms with Crippen LogP contribution >= 0.6 is 11.6 Å². The van der Waals surface area contributed by atoms with E-state index in [4.69, 9.17) is 16.3 Å². The van der Waals surface area contributed by atoms with Crippen LogP contribution in [0.3, 0.4) is 0 Å². The highest BCUT2D eigenvalue weighted by Gasteiger charge is 2.19. The monoisotopic (exact) mass is 362 g/mol. The molecule has 1 fully saturated rings. The van der Waals surface area contributed by atoms with E-state index in [-0.39, 0.29) is 5.75 Å². The molecule has 1 aliphatic rings. The summed E-state index contributed by atoms with van der Waals surface area (Å²) in [4.78, 5) is 4.81. The van der Waals surface area contributed by atoms with Crippen LogP contribution in [0.2, 0.25) is 5.02 Å². The Hall–Kier alpha value is -1.62. The lowest BCUT2D eigenvalue weighted by Gasteiger charge is -2.35. The van der Waals surface area contributed by atoms with Crippen LogP contribution in [0, 0.1) is 12.7 Å². The van der Waals surface area contributed by atoms with Crippen LogP contribution in [0.4, 0.5) is 4.39 Å².